The van der Waals surface area contributed by atoms with E-state index in [1.165, 1.54) is 0 Å². The summed E-state index contributed by atoms with van der Waals surface area (Å²) in [6.07, 6.45) is 1.80. The minimum Gasteiger partial charge on any atom is -0.545 e. The first-order chi connectivity index (χ1) is 20.4. The number of carbonyl (C=O) groups is 2. The first-order valence-electron chi connectivity index (χ1n) is 14.1. The normalized spacial score (nSPS) is 13.4. The third-order valence-electron chi connectivity index (χ3n) is 7.64. The van der Waals surface area contributed by atoms with E-state index in [9.17, 15) is 14.7 Å². The molecule has 1 saturated heterocycles. The number of ether oxygens (including phenoxy) is 1. The maximum Gasteiger partial charge on any atom is 0.274 e. The average molecular weight is 560 g/mol. The maximum absolute atomic E-state index is 13.7. The van der Waals surface area contributed by atoms with Crippen molar-refractivity contribution in [2.45, 2.75) is 13.8 Å². The maximum atomic E-state index is 13.7. The lowest BCUT2D eigenvalue weighted by Gasteiger charge is -2.36. The number of anilines is 1. The van der Waals surface area contributed by atoms with Crippen LogP contribution in [-0.4, -0.2) is 59.1 Å². The summed E-state index contributed by atoms with van der Waals surface area (Å²) in [5, 5.41) is 13.3. The minimum absolute atomic E-state index is 0.142. The molecule has 1 fully saturated rings. The summed E-state index contributed by atoms with van der Waals surface area (Å²) in [6, 6.07) is 26.9. The Morgan fingerprint density at radius 1 is 0.881 bits per heavy atom. The van der Waals surface area contributed by atoms with Crippen LogP contribution >= 0.6 is 0 Å². The summed E-state index contributed by atoms with van der Waals surface area (Å²) in [6.45, 7) is 6.64. The van der Waals surface area contributed by atoms with Gasteiger partial charge in [0.1, 0.15) is 17.3 Å². The van der Waals surface area contributed by atoms with Gasteiger partial charge in [-0.2, -0.15) is 0 Å². The lowest BCUT2D eigenvalue weighted by Crippen LogP contribution is -2.49. The number of rotatable bonds is 7. The van der Waals surface area contributed by atoms with E-state index in [2.05, 4.69) is 4.90 Å². The SMILES string of the molecule is CCOc1cccc(-n2cc(C(=O)N3CCN(c4cc(C(=O)[O-])c5ccccc5c4)CC3)nc2-c2ccc(C)cc2)c1. The molecule has 6 rings (SSSR count). The van der Waals surface area contributed by atoms with Gasteiger partial charge in [-0.05, 0) is 48.9 Å². The van der Waals surface area contributed by atoms with Crippen molar-refractivity contribution in [3.05, 3.63) is 108 Å². The van der Waals surface area contributed by atoms with Crippen molar-refractivity contribution >= 4 is 28.3 Å². The fourth-order valence-electron chi connectivity index (χ4n) is 5.45. The number of hydrogen-bond acceptors (Lipinski definition) is 6. The molecule has 0 atom stereocenters. The summed E-state index contributed by atoms with van der Waals surface area (Å²) in [4.78, 5) is 34.3. The number of carboxylic acids is 1. The van der Waals surface area contributed by atoms with Crippen molar-refractivity contribution < 1.29 is 19.4 Å². The largest absolute Gasteiger partial charge is 0.545 e. The van der Waals surface area contributed by atoms with Gasteiger partial charge < -0.3 is 24.4 Å². The summed E-state index contributed by atoms with van der Waals surface area (Å²) >= 11 is 0. The number of imidazole rings is 1. The quantitative estimate of drug-likeness (QED) is 0.287. The standard InChI is InChI=1S/C34H32N4O4/c1-3-42-28-9-6-8-26(20-28)38-22-31(35-32(38)24-13-11-23(2)12-14-24)33(39)37-17-15-36(16-18-37)27-19-25-7-4-5-10-29(25)30(21-27)34(40)41/h4-14,19-22H,3,15-18H2,1-2H3,(H,40,41)/p-1. The van der Waals surface area contributed by atoms with E-state index in [-0.39, 0.29) is 11.5 Å². The van der Waals surface area contributed by atoms with Gasteiger partial charge >= 0.3 is 0 Å². The number of carbonyl (C=O) groups excluding carboxylic acids is 2. The molecule has 1 aliphatic heterocycles. The van der Waals surface area contributed by atoms with Crippen LogP contribution in [0, 0.1) is 6.92 Å². The molecule has 0 unspecified atom stereocenters. The van der Waals surface area contributed by atoms with Crippen LogP contribution in [0.3, 0.4) is 0 Å². The topological polar surface area (TPSA) is 90.7 Å². The van der Waals surface area contributed by atoms with E-state index in [1.807, 2.05) is 91.2 Å². The van der Waals surface area contributed by atoms with E-state index in [4.69, 9.17) is 9.72 Å². The molecule has 8 nitrogen and oxygen atoms in total. The molecule has 5 aromatic rings. The predicted molar refractivity (Wildman–Crippen MR) is 161 cm³/mol. The van der Waals surface area contributed by atoms with Gasteiger partial charge in [0.15, 0.2) is 0 Å². The highest BCUT2D eigenvalue weighted by Gasteiger charge is 2.26. The molecule has 42 heavy (non-hydrogen) atoms. The number of hydrogen-bond donors (Lipinski definition) is 0. The van der Waals surface area contributed by atoms with Crippen molar-refractivity contribution in [1.82, 2.24) is 14.5 Å². The number of nitrogens with zero attached hydrogens (tertiary/aromatic N) is 4. The Bertz CT molecular complexity index is 1770. The van der Waals surface area contributed by atoms with Crippen LogP contribution in [0.4, 0.5) is 5.69 Å². The van der Waals surface area contributed by atoms with E-state index < -0.39 is 5.97 Å². The van der Waals surface area contributed by atoms with E-state index in [0.717, 1.165) is 33.6 Å². The Morgan fingerprint density at radius 3 is 2.38 bits per heavy atom. The van der Waals surface area contributed by atoms with Crippen molar-refractivity contribution in [1.29, 1.82) is 0 Å². The van der Waals surface area contributed by atoms with E-state index in [0.29, 0.717) is 49.7 Å². The average Bonchev–Trinajstić information content (AvgIpc) is 3.46. The molecule has 1 amide bonds. The zero-order chi connectivity index (χ0) is 29.2. The minimum atomic E-state index is -1.20. The highest BCUT2D eigenvalue weighted by atomic mass is 16.5. The first-order valence-corrected chi connectivity index (χ1v) is 14.1. The van der Waals surface area contributed by atoms with Crippen LogP contribution in [0.2, 0.25) is 0 Å². The van der Waals surface area contributed by atoms with Gasteiger partial charge in [0.25, 0.3) is 5.91 Å². The number of aryl methyl sites for hydroxylation is 1. The number of piperazine rings is 1. The van der Waals surface area contributed by atoms with E-state index in [1.54, 1.807) is 23.2 Å². The lowest BCUT2D eigenvalue weighted by molar-refractivity contribution is -0.254. The smallest absolute Gasteiger partial charge is 0.274 e. The first kappa shape index (κ1) is 27.1. The van der Waals surface area contributed by atoms with Gasteiger partial charge in [-0.1, -0.05) is 60.2 Å². The van der Waals surface area contributed by atoms with E-state index >= 15 is 0 Å². The van der Waals surface area contributed by atoms with Crippen LogP contribution in [0.5, 0.6) is 5.75 Å². The van der Waals surface area contributed by atoms with Crippen LogP contribution < -0.4 is 14.7 Å². The van der Waals surface area contributed by atoms with Gasteiger partial charge in [0.2, 0.25) is 0 Å². The molecule has 0 bridgehead atoms. The third kappa shape index (κ3) is 5.31. The molecule has 212 valence electrons. The molecule has 1 aliphatic rings. The highest BCUT2D eigenvalue weighted by Crippen LogP contribution is 2.29. The number of fused-ring (bicyclic) bond motifs is 1. The van der Waals surface area contributed by atoms with Gasteiger partial charge in [-0.3, -0.25) is 9.36 Å². The number of benzene rings is 4. The molecular formula is C34H31N4O4-. The van der Waals surface area contributed by atoms with Crippen LogP contribution in [0.15, 0.2) is 91.1 Å². The van der Waals surface area contributed by atoms with Crippen molar-refractivity contribution in [2.75, 3.05) is 37.7 Å². The van der Waals surface area contributed by atoms with Crippen molar-refractivity contribution in [3.8, 4) is 22.8 Å². The molecular weight excluding hydrogens is 528 g/mol. The van der Waals surface area contributed by atoms with Crippen molar-refractivity contribution in [3.63, 3.8) is 0 Å². The summed E-state index contributed by atoms with van der Waals surface area (Å²) in [7, 11) is 0. The Morgan fingerprint density at radius 2 is 1.64 bits per heavy atom. The number of aromatic carboxylic acids is 1. The number of amides is 1. The third-order valence-corrected chi connectivity index (χ3v) is 7.64. The Balaban J connectivity index is 1.26. The number of carboxylic acid groups (broad SMARTS) is 1. The Hall–Kier alpha value is -5.11. The Labute approximate surface area is 244 Å². The van der Waals surface area contributed by atoms with Gasteiger partial charge in [0.05, 0.1) is 18.3 Å². The molecule has 0 spiro atoms. The highest BCUT2D eigenvalue weighted by molar-refractivity contribution is 6.04. The second kappa shape index (κ2) is 11.4. The molecule has 2 heterocycles. The summed E-state index contributed by atoms with van der Waals surface area (Å²) in [5.41, 5.74) is 4.25. The van der Waals surface area contributed by atoms with Gasteiger partial charge in [0, 0.05) is 55.3 Å². The van der Waals surface area contributed by atoms with Gasteiger partial charge in [-0.25, -0.2) is 4.98 Å². The summed E-state index contributed by atoms with van der Waals surface area (Å²) in [5.74, 6) is 0.0833. The fraction of sp³-hybridized carbons (Fsp3) is 0.206. The zero-order valence-electron chi connectivity index (χ0n) is 23.6. The Kier molecular flexibility index (Phi) is 7.35. The van der Waals surface area contributed by atoms with Crippen LogP contribution in [-0.2, 0) is 0 Å². The van der Waals surface area contributed by atoms with Gasteiger partial charge in [-0.15, -0.1) is 0 Å². The van der Waals surface area contributed by atoms with Crippen molar-refractivity contribution in [2.24, 2.45) is 0 Å². The number of aromatic nitrogens is 2. The lowest BCUT2D eigenvalue weighted by atomic mass is 10.0. The molecule has 0 saturated carbocycles. The predicted octanol–water partition coefficient (Wildman–Crippen LogP) is 4.73. The molecule has 0 N–H and O–H groups in total. The summed E-state index contributed by atoms with van der Waals surface area (Å²) < 4.78 is 7.66. The van der Waals surface area contributed by atoms with Crippen LogP contribution in [0.25, 0.3) is 27.8 Å². The molecule has 0 radical (unpaired) electrons. The molecule has 1 aromatic heterocycles. The second-order valence-electron chi connectivity index (χ2n) is 10.4. The zero-order valence-corrected chi connectivity index (χ0v) is 23.6. The molecule has 0 aliphatic carbocycles. The molecule has 4 aromatic carbocycles. The second-order valence-corrected chi connectivity index (χ2v) is 10.4. The molecule has 8 heteroatoms. The fourth-order valence-corrected chi connectivity index (χ4v) is 5.45. The monoisotopic (exact) mass is 559 g/mol. The van der Waals surface area contributed by atoms with Crippen LogP contribution in [0.1, 0.15) is 33.3 Å².